The van der Waals surface area contributed by atoms with Crippen molar-refractivity contribution < 1.29 is 14.8 Å². The van der Waals surface area contributed by atoms with Gasteiger partial charge in [-0.05, 0) is 37.2 Å². The third-order valence-electron chi connectivity index (χ3n) is 5.68. The van der Waals surface area contributed by atoms with Crippen molar-refractivity contribution >= 4 is 5.69 Å². The molecule has 5 heteroatoms. The van der Waals surface area contributed by atoms with Crippen molar-refractivity contribution in [3.8, 4) is 11.5 Å². The lowest BCUT2D eigenvalue weighted by Gasteiger charge is -2.26. The van der Waals surface area contributed by atoms with Crippen LogP contribution in [0.3, 0.4) is 0 Å². The fraction of sp³-hybridized carbons (Fsp3) is 0.684. The fourth-order valence-corrected chi connectivity index (χ4v) is 4.30. The first-order chi connectivity index (χ1) is 11.4. The molecule has 1 heterocycles. The molecule has 1 aliphatic carbocycles. The highest BCUT2D eigenvalue weighted by Crippen LogP contribution is 2.56. The minimum absolute atomic E-state index is 0.0210. The summed E-state index contributed by atoms with van der Waals surface area (Å²) in [6, 6.07) is 1.63. The van der Waals surface area contributed by atoms with Crippen molar-refractivity contribution in [3.05, 3.63) is 27.3 Å². The Hall–Kier alpha value is -1.78. The standard InChI is InChI=1S/C19H27NO4/c1-4-5-10-19(2,3)13-11-14(21)16-12-8-6-7-9-15(12)24-18(16)17(13)20(22)23/h11-12,15,21H,4-10H2,1-3H3. The third kappa shape index (κ3) is 2.74. The van der Waals surface area contributed by atoms with Crippen LogP contribution in [0, 0.1) is 10.1 Å². The van der Waals surface area contributed by atoms with E-state index in [-0.39, 0.29) is 33.8 Å². The molecule has 24 heavy (non-hydrogen) atoms. The predicted octanol–water partition coefficient (Wildman–Crippen LogP) is 5.19. The Balaban J connectivity index is 2.13. The lowest BCUT2D eigenvalue weighted by atomic mass is 9.77. The summed E-state index contributed by atoms with van der Waals surface area (Å²) in [5, 5.41) is 22.5. The molecular weight excluding hydrogens is 306 g/mol. The van der Waals surface area contributed by atoms with E-state index in [1.807, 2.05) is 13.8 Å². The molecule has 1 N–H and O–H groups in total. The molecule has 0 aromatic heterocycles. The summed E-state index contributed by atoms with van der Waals surface area (Å²) in [6.45, 7) is 6.14. The zero-order valence-corrected chi connectivity index (χ0v) is 14.8. The van der Waals surface area contributed by atoms with Crippen LogP contribution in [-0.4, -0.2) is 16.1 Å². The zero-order chi connectivity index (χ0) is 17.5. The molecule has 2 unspecified atom stereocenters. The van der Waals surface area contributed by atoms with E-state index in [0.717, 1.165) is 44.9 Å². The van der Waals surface area contributed by atoms with Gasteiger partial charge in [0.15, 0.2) is 0 Å². The third-order valence-corrected chi connectivity index (χ3v) is 5.68. The molecule has 1 aromatic carbocycles. The number of rotatable bonds is 5. The van der Waals surface area contributed by atoms with E-state index < -0.39 is 0 Å². The Bertz CT molecular complexity index is 653. The van der Waals surface area contributed by atoms with Gasteiger partial charge in [-0.1, -0.05) is 40.0 Å². The molecule has 5 nitrogen and oxygen atoms in total. The summed E-state index contributed by atoms with van der Waals surface area (Å²) in [5.74, 6) is 0.598. The monoisotopic (exact) mass is 333 g/mol. The number of phenols is 1. The normalized spacial score (nSPS) is 22.6. The Morgan fingerprint density at radius 3 is 2.75 bits per heavy atom. The summed E-state index contributed by atoms with van der Waals surface area (Å²) in [6.07, 6.45) is 6.86. The zero-order valence-electron chi connectivity index (χ0n) is 14.8. The molecule has 1 aliphatic heterocycles. The fourth-order valence-electron chi connectivity index (χ4n) is 4.30. The molecule has 132 valence electrons. The van der Waals surface area contributed by atoms with Crippen molar-refractivity contribution in [2.75, 3.05) is 0 Å². The number of nitrogens with zero attached hydrogens (tertiary/aromatic N) is 1. The van der Waals surface area contributed by atoms with Crippen molar-refractivity contribution in [2.45, 2.75) is 83.2 Å². The number of nitro groups is 1. The van der Waals surface area contributed by atoms with E-state index >= 15 is 0 Å². The Morgan fingerprint density at radius 2 is 2.08 bits per heavy atom. The summed E-state index contributed by atoms with van der Waals surface area (Å²) >= 11 is 0. The minimum Gasteiger partial charge on any atom is -0.507 e. The largest absolute Gasteiger partial charge is 0.507 e. The van der Waals surface area contributed by atoms with Gasteiger partial charge in [-0.25, -0.2) is 0 Å². The molecule has 0 radical (unpaired) electrons. The maximum Gasteiger partial charge on any atom is 0.315 e. The first-order valence-corrected chi connectivity index (χ1v) is 9.08. The Morgan fingerprint density at radius 1 is 1.38 bits per heavy atom. The summed E-state index contributed by atoms with van der Waals surface area (Å²) in [7, 11) is 0. The summed E-state index contributed by atoms with van der Waals surface area (Å²) < 4.78 is 6.02. The Kier molecular flexibility index (Phi) is 4.45. The second-order valence-electron chi connectivity index (χ2n) is 7.83. The van der Waals surface area contributed by atoms with Crippen LogP contribution < -0.4 is 4.74 Å². The van der Waals surface area contributed by atoms with Gasteiger partial charge in [-0.15, -0.1) is 0 Å². The maximum atomic E-state index is 11.9. The predicted molar refractivity (Wildman–Crippen MR) is 92.9 cm³/mol. The number of ether oxygens (including phenoxy) is 1. The molecule has 1 fully saturated rings. The molecule has 2 aliphatic rings. The highest BCUT2D eigenvalue weighted by atomic mass is 16.6. The first kappa shape index (κ1) is 17.1. The number of fused-ring (bicyclic) bond motifs is 3. The highest BCUT2D eigenvalue weighted by molar-refractivity contribution is 5.67. The SMILES string of the molecule is CCCCC(C)(C)c1cc(O)c2c(c1[N+](=O)[O-])OC1CCCCC21. The van der Waals surface area contributed by atoms with Crippen LogP contribution in [-0.2, 0) is 5.41 Å². The van der Waals surface area contributed by atoms with Crippen LogP contribution in [0.15, 0.2) is 6.07 Å². The van der Waals surface area contributed by atoms with Crippen LogP contribution in [0.4, 0.5) is 5.69 Å². The smallest absolute Gasteiger partial charge is 0.315 e. The van der Waals surface area contributed by atoms with Gasteiger partial charge >= 0.3 is 5.69 Å². The molecule has 1 saturated carbocycles. The van der Waals surface area contributed by atoms with Gasteiger partial charge in [0.1, 0.15) is 11.9 Å². The number of hydrogen-bond acceptors (Lipinski definition) is 4. The van der Waals surface area contributed by atoms with Crippen molar-refractivity contribution in [3.63, 3.8) is 0 Å². The van der Waals surface area contributed by atoms with Crippen LogP contribution in [0.2, 0.25) is 0 Å². The van der Waals surface area contributed by atoms with Crippen LogP contribution >= 0.6 is 0 Å². The second kappa shape index (κ2) is 6.26. The first-order valence-electron chi connectivity index (χ1n) is 9.08. The van der Waals surface area contributed by atoms with Gasteiger partial charge < -0.3 is 9.84 Å². The van der Waals surface area contributed by atoms with Crippen LogP contribution in [0.5, 0.6) is 11.5 Å². The van der Waals surface area contributed by atoms with E-state index in [4.69, 9.17) is 4.74 Å². The van der Waals surface area contributed by atoms with Crippen molar-refractivity contribution in [1.82, 2.24) is 0 Å². The Labute approximate surface area is 143 Å². The van der Waals surface area contributed by atoms with E-state index in [1.165, 1.54) is 0 Å². The molecular formula is C19H27NO4. The van der Waals surface area contributed by atoms with Gasteiger partial charge in [0.05, 0.1) is 4.92 Å². The van der Waals surface area contributed by atoms with Crippen LogP contribution in [0.1, 0.15) is 82.8 Å². The average Bonchev–Trinajstić information content (AvgIpc) is 2.92. The molecule has 1 aromatic rings. The molecule has 3 rings (SSSR count). The van der Waals surface area contributed by atoms with Gasteiger partial charge in [0.2, 0.25) is 5.75 Å². The summed E-state index contributed by atoms with van der Waals surface area (Å²) in [4.78, 5) is 11.5. The van der Waals surface area contributed by atoms with Gasteiger partial charge in [-0.2, -0.15) is 0 Å². The van der Waals surface area contributed by atoms with E-state index in [1.54, 1.807) is 6.07 Å². The van der Waals surface area contributed by atoms with Crippen LogP contribution in [0.25, 0.3) is 0 Å². The number of hydrogen-bond donors (Lipinski definition) is 1. The second-order valence-corrected chi connectivity index (χ2v) is 7.83. The van der Waals surface area contributed by atoms with E-state index in [0.29, 0.717) is 16.9 Å². The van der Waals surface area contributed by atoms with E-state index in [9.17, 15) is 15.2 Å². The molecule has 2 atom stereocenters. The van der Waals surface area contributed by atoms with Crippen molar-refractivity contribution in [2.24, 2.45) is 0 Å². The number of unbranched alkanes of at least 4 members (excludes halogenated alkanes) is 1. The molecule has 0 bridgehead atoms. The lowest BCUT2D eigenvalue weighted by Crippen LogP contribution is -2.22. The maximum absolute atomic E-state index is 11.9. The topological polar surface area (TPSA) is 72.6 Å². The van der Waals surface area contributed by atoms with E-state index in [2.05, 4.69) is 6.92 Å². The molecule has 0 saturated heterocycles. The number of benzene rings is 1. The average molecular weight is 333 g/mol. The van der Waals surface area contributed by atoms with Gasteiger partial charge in [-0.3, -0.25) is 10.1 Å². The minimum atomic E-state index is -0.373. The molecule has 0 amide bonds. The highest BCUT2D eigenvalue weighted by Gasteiger charge is 2.45. The van der Waals surface area contributed by atoms with Gasteiger partial charge in [0.25, 0.3) is 0 Å². The number of nitro benzene ring substituents is 1. The quantitative estimate of drug-likeness (QED) is 0.594. The summed E-state index contributed by atoms with van der Waals surface area (Å²) in [5.41, 5.74) is 0.956. The van der Waals surface area contributed by atoms with Gasteiger partial charge in [0, 0.05) is 17.0 Å². The molecule has 0 spiro atoms. The number of aromatic hydroxyl groups is 1. The lowest BCUT2D eigenvalue weighted by molar-refractivity contribution is -0.387. The number of phenolic OH excluding ortho intramolecular Hbond substituents is 1. The van der Waals surface area contributed by atoms with Crippen molar-refractivity contribution in [1.29, 1.82) is 0 Å².